The molecule has 4 atom stereocenters. The van der Waals surface area contributed by atoms with E-state index in [9.17, 15) is 34.4 Å². The fraction of sp³-hybridized carbons (Fsp3) is 0.432. The second-order valence-electron chi connectivity index (χ2n) is 14.1. The number of aliphatic hydroxyl groups is 1. The average molecular weight is 701 g/mol. The van der Waals surface area contributed by atoms with Gasteiger partial charge in [0.05, 0.1) is 36.3 Å². The smallest absolute Gasteiger partial charge is 0.269 e. The molecule has 0 saturated carbocycles. The molecule has 3 amide bonds. The van der Waals surface area contributed by atoms with Gasteiger partial charge in [0.2, 0.25) is 11.8 Å². The Hall–Kier alpha value is -4.43. The van der Waals surface area contributed by atoms with Crippen LogP contribution >= 0.6 is 0 Å². The number of rotatable bonds is 11. The highest BCUT2D eigenvalue weighted by Gasteiger charge is 2.66. The Kier molecular flexibility index (Phi) is 9.95. The van der Waals surface area contributed by atoms with Gasteiger partial charge in [-0.3, -0.25) is 24.5 Å². The van der Waals surface area contributed by atoms with Crippen LogP contribution in [0.1, 0.15) is 49.3 Å². The highest BCUT2D eigenvalue weighted by molar-refractivity contribution is 6.71. The quantitative estimate of drug-likeness (QED) is 0.163. The Morgan fingerprint density at radius 3 is 2.48 bits per heavy atom. The van der Waals surface area contributed by atoms with E-state index in [-0.39, 0.29) is 50.2 Å². The van der Waals surface area contributed by atoms with Gasteiger partial charge in [0.15, 0.2) is 13.9 Å². The van der Waals surface area contributed by atoms with E-state index < -0.39 is 42.3 Å². The maximum atomic E-state index is 14.9. The molecule has 2 saturated heterocycles. The van der Waals surface area contributed by atoms with E-state index in [2.05, 4.69) is 0 Å². The summed E-state index contributed by atoms with van der Waals surface area (Å²) in [5.74, 6) is -1.30. The van der Waals surface area contributed by atoms with Gasteiger partial charge in [-0.05, 0) is 55.3 Å². The lowest BCUT2D eigenvalue weighted by Crippen LogP contribution is -2.46. The van der Waals surface area contributed by atoms with E-state index in [4.69, 9.17) is 4.74 Å². The first-order valence-corrected chi connectivity index (χ1v) is 20.2. The molecule has 0 radical (unpaired) electrons. The van der Waals surface area contributed by atoms with Crippen LogP contribution in [0.3, 0.4) is 0 Å². The summed E-state index contributed by atoms with van der Waals surface area (Å²) in [5, 5.41) is 21.8. The molecule has 3 heterocycles. The number of non-ortho nitro benzene ring substituents is 1. The van der Waals surface area contributed by atoms with E-state index >= 15 is 0 Å². The van der Waals surface area contributed by atoms with Crippen molar-refractivity contribution in [3.05, 3.63) is 99.6 Å². The van der Waals surface area contributed by atoms with Crippen LogP contribution < -0.4 is 9.80 Å². The average Bonchev–Trinajstić information content (AvgIpc) is 3.51. The molecule has 0 aromatic heterocycles. The molecule has 13 heteroatoms. The fourth-order valence-electron chi connectivity index (χ4n) is 8.14. The first kappa shape index (κ1) is 35.4. The first-order chi connectivity index (χ1) is 23.8. The number of hydrogen-bond acceptors (Lipinski definition) is 8. The standard InChI is InChI=1S/C37H44N4O8Si/c1-25-35(50(2,3)48)32(22-34(44)38(18-19-42)23-26-10-5-4-6-11-26)49-37(25)30-21-29(41(46)47)15-16-31(30)40(36(37)45)24-27-12-9-13-28(20-27)39-17-8-7-14-33(39)43/h4-6,9-13,15-16,20-21,25,32,35,42,48H,7-8,14,17-19,22-24H2,1-3H3/t25-,32+,35-,37+/m0/s1. The number of nitrogens with zero attached hydrogens (tertiary/aromatic N) is 4. The monoisotopic (exact) mass is 700 g/mol. The minimum atomic E-state index is -3.14. The van der Waals surface area contributed by atoms with Crippen LogP contribution in [-0.4, -0.2) is 71.6 Å². The molecular weight excluding hydrogens is 657 g/mol. The summed E-state index contributed by atoms with van der Waals surface area (Å²) in [5.41, 5.74) is 0.723. The Balaban J connectivity index is 1.36. The van der Waals surface area contributed by atoms with Gasteiger partial charge in [-0.1, -0.05) is 49.4 Å². The molecular formula is C37H44N4O8Si. The highest BCUT2D eigenvalue weighted by Crippen LogP contribution is 2.60. The predicted octanol–water partition coefficient (Wildman–Crippen LogP) is 4.87. The zero-order valence-corrected chi connectivity index (χ0v) is 29.7. The molecule has 3 aromatic carbocycles. The molecule has 50 heavy (non-hydrogen) atoms. The maximum Gasteiger partial charge on any atom is 0.269 e. The number of aliphatic hydroxyl groups excluding tert-OH is 1. The van der Waals surface area contributed by atoms with Crippen LogP contribution in [0.4, 0.5) is 17.1 Å². The summed E-state index contributed by atoms with van der Waals surface area (Å²) in [6.07, 6.45) is 1.23. The van der Waals surface area contributed by atoms with Gasteiger partial charge in [0.1, 0.15) is 0 Å². The molecule has 2 N–H and O–H groups in total. The molecule has 1 spiro atoms. The predicted molar refractivity (Wildman–Crippen MR) is 190 cm³/mol. The Bertz CT molecular complexity index is 1780. The topological polar surface area (TPSA) is 154 Å². The number of hydrogen-bond donors (Lipinski definition) is 2. The van der Waals surface area contributed by atoms with Crippen molar-refractivity contribution in [3.8, 4) is 0 Å². The molecule has 2 fully saturated rings. The number of fused-ring (bicyclic) bond motifs is 2. The molecule has 0 unspecified atom stereocenters. The summed E-state index contributed by atoms with van der Waals surface area (Å²) in [7, 11) is -3.14. The van der Waals surface area contributed by atoms with Crippen LogP contribution in [0.15, 0.2) is 72.8 Å². The van der Waals surface area contributed by atoms with E-state index in [0.29, 0.717) is 24.2 Å². The zero-order valence-electron chi connectivity index (χ0n) is 28.7. The molecule has 0 bridgehead atoms. The van der Waals surface area contributed by atoms with Crippen molar-refractivity contribution in [1.82, 2.24) is 4.90 Å². The molecule has 6 rings (SSSR count). The summed E-state index contributed by atoms with van der Waals surface area (Å²) >= 11 is 0. The maximum absolute atomic E-state index is 14.9. The summed E-state index contributed by atoms with van der Waals surface area (Å²) in [6.45, 7) is 6.18. The van der Waals surface area contributed by atoms with Crippen molar-refractivity contribution in [2.75, 3.05) is 29.5 Å². The minimum absolute atomic E-state index is 0.0548. The number of ether oxygens (including phenoxy) is 1. The van der Waals surface area contributed by atoms with Crippen LogP contribution in [0.2, 0.25) is 18.6 Å². The van der Waals surface area contributed by atoms with Gasteiger partial charge in [-0.2, -0.15) is 0 Å². The van der Waals surface area contributed by atoms with E-state index in [1.165, 1.54) is 12.1 Å². The Morgan fingerprint density at radius 2 is 1.80 bits per heavy atom. The SMILES string of the molecule is C[C@H]1[C@H]([Si](C)(C)O)[C@@H](CC(=O)N(CCO)Cc2ccccc2)O[C@]12C(=O)N(Cc1cccc(N3CCCCC3=O)c1)c1ccc([N+](=O)[O-])cc12. The zero-order chi connectivity index (χ0) is 35.8. The van der Waals surface area contributed by atoms with Gasteiger partial charge in [0.25, 0.3) is 11.6 Å². The van der Waals surface area contributed by atoms with Crippen molar-refractivity contribution in [2.45, 2.75) is 76.0 Å². The Labute approximate surface area is 292 Å². The number of anilines is 2. The van der Waals surface area contributed by atoms with Crippen LogP contribution in [0.5, 0.6) is 0 Å². The lowest BCUT2D eigenvalue weighted by atomic mass is 9.82. The molecule has 3 aliphatic rings. The van der Waals surface area contributed by atoms with Crippen LogP contribution in [0, 0.1) is 16.0 Å². The summed E-state index contributed by atoms with van der Waals surface area (Å²) in [6, 6.07) is 21.2. The van der Waals surface area contributed by atoms with Gasteiger partial charge >= 0.3 is 0 Å². The number of piperidine rings is 1. The summed E-state index contributed by atoms with van der Waals surface area (Å²) in [4.78, 5) is 69.5. The molecule has 3 aliphatic heterocycles. The van der Waals surface area contributed by atoms with E-state index in [1.54, 1.807) is 33.9 Å². The molecule has 3 aromatic rings. The number of carbonyl (C=O) groups is 3. The third kappa shape index (κ3) is 6.58. The summed E-state index contributed by atoms with van der Waals surface area (Å²) < 4.78 is 6.78. The minimum Gasteiger partial charge on any atom is -0.432 e. The lowest BCUT2D eigenvalue weighted by Gasteiger charge is -2.32. The number of nitro benzene ring substituents is 1. The van der Waals surface area contributed by atoms with E-state index in [0.717, 1.165) is 29.7 Å². The van der Waals surface area contributed by atoms with Crippen LogP contribution in [-0.2, 0) is 37.8 Å². The van der Waals surface area contributed by atoms with Crippen molar-refractivity contribution < 1.29 is 33.9 Å². The van der Waals surface area contributed by atoms with Crippen molar-refractivity contribution in [1.29, 1.82) is 0 Å². The highest BCUT2D eigenvalue weighted by atomic mass is 28.4. The molecule has 264 valence electrons. The fourth-order valence-corrected chi connectivity index (χ4v) is 10.7. The van der Waals surface area contributed by atoms with Gasteiger partial charge in [-0.15, -0.1) is 0 Å². The Morgan fingerprint density at radius 1 is 1.06 bits per heavy atom. The van der Waals surface area contributed by atoms with Gasteiger partial charge < -0.3 is 29.3 Å². The van der Waals surface area contributed by atoms with Gasteiger partial charge in [-0.25, -0.2) is 0 Å². The number of nitro groups is 1. The third-order valence-corrected chi connectivity index (χ3v) is 12.9. The molecule has 12 nitrogen and oxygen atoms in total. The van der Waals surface area contributed by atoms with E-state index in [1.807, 2.05) is 61.5 Å². The molecule has 0 aliphatic carbocycles. The van der Waals surface area contributed by atoms with Crippen molar-refractivity contribution in [3.63, 3.8) is 0 Å². The second-order valence-corrected chi connectivity index (χ2v) is 18.1. The first-order valence-electron chi connectivity index (χ1n) is 17.2. The van der Waals surface area contributed by atoms with Crippen molar-refractivity contribution >= 4 is 43.1 Å². The number of carbonyl (C=O) groups excluding carboxylic acids is 3. The third-order valence-electron chi connectivity index (χ3n) is 10.4. The largest absolute Gasteiger partial charge is 0.432 e. The second kappa shape index (κ2) is 14.1. The number of benzene rings is 3. The van der Waals surface area contributed by atoms with Crippen LogP contribution in [0.25, 0.3) is 0 Å². The van der Waals surface area contributed by atoms with Crippen molar-refractivity contribution in [2.24, 2.45) is 5.92 Å². The number of amides is 3. The normalized spacial score (nSPS) is 23.4. The van der Waals surface area contributed by atoms with Gasteiger partial charge in [0, 0.05) is 60.9 Å². The lowest BCUT2D eigenvalue weighted by molar-refractivity contribution is -0.385.